The minimum atomic E-state index is -0.836. The maximum absolute atomic E-state index is 10.0. The van der Waals surface area contributed by atoms with Crippen LogP contribution in [-0.4, -0.2) is 9.97 Å². The highest BCUT2D eigenvalue weighted by Gasteiger charge is 2.36. The summed E-state index contributed by atoms with van der Waals surface area (Å²) in [5, 5.41) is 10.0. The lowest BCUT2D eigenvalue weighted by molar-refractivity contribution is 0.626. The van der Waals surface area contributed by atoms with Gasteiger partial charge in [-0.1, -0.05) is 60.7 Å². The molecule has 0 saturated carbocycles. The van der Waals surface area contributed by atoms with E-state index in [4.69, 9.17) is 0 Å². The van der Waals surface area contributed by atoms with Gasteiger partial charge in [-0.2, -0.15) is 5.26 Å². The van der Waals surface area contributed by atoms with Crippen molar-refractivity contribution in [2.24, 2.45) is 0 Å². The lowest BCUT2D eigenvalue weighted by atomic mass is 9.74. The van der Waals surface area contributed by atoms with Crippen molar-refractivity contribution < 1.29 is 0 Å². The molecule has 3 aromatic rings. The summed E-state index contributed by atoms with van der Waals surface area (Å²) in [6, 6.07) is 22.3. The molecule has 0 aliphatic carbocycles. The number of aromatic nitrogens is 2. The van der Waals surface area contributed by atoms with Crippen molar-refractivity contribution in [3.05, 3.63) is 96.1 Å². The van der Waals surface area contributed by atoms with E-state index < -0.39 is 5.41 Å². The van der Waals surface area contributed by atoms with Gasteiger partial charge in [0.1, 0.15) is 5.41 Å². The average Bonchev–Trinajstić information content (AvgIpc) is 2.62. The Balaban J connectivity index is 2.16. The van der Waals surface area contributed by atoms with E-state index in [0.717, 1.165) is 11.1 Å². The van der Waals surface area contributed by atoms with Crippen LogP contribution in [0.15, 0.2) is 79.3 Å². The predicted octanol–water partition coefficient (Wildman–Crippen LogP) is 3.53. The van der Waals surface area contributed by atoms with E-state index in [-0.39, 0.29) is 0 Å². The number of nitriles is 1. The van der Waals surface area contributed by atoms with Crippen molar-refractivity contribution >= 4 is 0 Å². The maximum Gasteiger partial charge on any atom is 0.130 e. The highest BCUT2D eigenvalue weighted by atomic mass is 14.8. The highest BCUT2D eigenvalue weighted by molar-refractivity contribution is 5.44. The van der Waals surface area contributed by atoms with E-state index in [9.17, 15) is 5.26 Å². The molecule has 22 heavy (non-hydrogen) atoms. The molecular formula is C19H15N3. The van der Waals surface area contributed by atoms with Gasteiger partial charge in [0.15, 0.2) is 0 Å². The largest absolute Gasteiger partial charge is 0.261 e. The zero-order valence-electron chi connectivity index (χ0n) is 12.1. The number of benzene rings is 2. The Hall–Kier alpha value is -2.99. The Morgan fingerprint density at radius 1 is 0.909 bits per heavy atom. The molecular weight excluding hydrogens is 270 g/mol. The van der Waals surface area contributed by atoms with Gasteiger partial charge in [0.05, 0.1) is 18.0 Å². The lowest BCUT2D eigenvalue weighted by Gasteiger charge is -2.26. The third-order valence-electron chi connectivity index (χ3n) is 3.77. The zero-order chi connectivity index (χ0) is 15.3. The smallest absolute Gasteiger partial charge is 0.130 e. The molecule has 0 spiro atoms. The fourth-order valence-electron chi connectivity index (χ4n) is 2.65. The predicted molar refractivity (Wildman–Crippen MR) is 85.0 cm³/mol. The van der Waals surface area contributed by atoms with Crippen LogP contribution >= 0.6 is 0 Å². The second kappa shape index (κ2) is 6.19. The van der Waals surface area contributed by atoms with Gasteiger partial charge in [-0.3, -0.25) is 9.97 Å². The quantitative estimate of drug-likeness (QED) is 0.737. The van der Waals surface area contributed by atoms with Crippen LogP contribution in [0.3, 0.4) is 0 Å². The molecule has 1 atom stereocenters. The minimum Gasteiger partial charge on any atom is -0.261 e. The van der Waals surface area contributed by atoms with Crippen molar-refractivity contribution in [3.63, 3.8) is 0 Å². The van der Waals surface area contributed by atoms with Crippen molar-refractivity contribution in [1.29, 1.82) is 5.26 Å². The molecule has 0 aliphatic rings. The Kier molecular flexibility index (Phi) is 3.93. The van der Waals surface area contributed by atoms with E-state index in [2.05, 4.69) is 16.0 Å². The molecule has 0 N–H and O–H groups in total. The second-order valence-corrected chi connectivity index (χ2v) is 5.14. The molecule has 0 saturated heterocycles. The molecule has 0 fully saturated rings. The van der Waals surface area contributed by atoms with Gasteiger partial charge in [-0.25, -0.2) is 0 Å². The van der Waals surface area contributed by atoms with Crippen LogP contribution in [0.25, 0.3) is 0 Å². The first-order chi connectivity index (χ1) is 10.8. The van der Waals surface area contributed by atoms with Crippen LogP contribution in [-0.2, 0) is 11.8 Å². The van der Waals surface area contributed by atoms with Crippen LogP contribution in [0.2, 0.25) is 0 Å². The van der Waals surface area contributed by atoms with Crippen LogP contribution in [0.5, 0.6) is 0 Å². The van der Waals surface area contributed by atoms with E-state index in [1.54, 1.807) is 18.6 Å². The van der Waals surface area contributed by atoms with Crippen LogP contribution in [0, 0.1) is 11.3 Å². The summed E-state index contributed by atoms with van der Waals surface area (Å²) >= 11 is 0. The van der Waals surface area contributed by atoms with E-state index in [1.165, 1.54) is 0 Å². The first-order valence-electron chi connectivity index (χ1n) is 7.12. The summed E-state index contributed by atoms with van der Waals surface area (Å²) in [7, 11) is 0. The molecule has 2 aromatic carbocycles. The molecule has 3 heteroatoms. The van der Waals surface area contributed by atoms with Gasteiger partial charge in [-0.15, -0.1) is 0 Å². The van der Waals surface area contributed by atoms with Gasteiger partial charge in [0, 0.05) is 18.8 Å². The Labute approximate surface area is 129 Å². The van der Waals surface area contributed by atoms with Gasteiger partial charge >= 0.3 is 0 Å². The first kappa shape index (κ1) is 14.0. The number of rotatable bonds is 4. The highest BCUT2D eigenvalue weighted by Crippen LogP contribution is 2.33. The molecule has 1 heterocycles. The van der Waals surface area contributed by atoms with Gasteiger partial charge < -0.3 is 0 Å². The Morgan fingerprint density at radius 3 is 2.18 bits per heavy atom. The maximum atomic E-state index is 10.0. The fraction of sp³-hybridized carbons (Fsp3) is 0.105. The van der Waals surface area contributed by atoms with Gasteiger partial charge in [0.2, 0.25) is 0 Å². The fourth-order valence-corrected chi connectivity index (χ4v) is 2.65. The summed E-state index contributed by atoms with van der Waals surface area (Å²) in [5.41, 5.74) is 1.87. The Morgan fingerprint density at radius 2 is 1.59 bits per heavy atom. The third-order valence-corrected chi connectivity index (χ3v) is 3.77. The minimum absolute atomic E-state index is 0.563. The number of hydrogen-bond donors (Lipinski definition) is 0. The lowest BCUT2D eigenvalue weighted by Crippen LogP contribution is -2.30. The van der Waals surface area contributed by atoms with Crippen molar-refractivity contribution in [1.82, 2.24) is 9.97 Å². The number of nitrogens with zero attached hydrogens (tertiary/aromatic N) is 3. The molecule has 3 rings (SSSR count). The summed E-state index contributed by atoms with van der Waals surface area (Å²) in [5.74, 6) is 0. The first-order valence-corrected chi connectivity index (χ1v) is 7.12. The molecule has 3 nitrogen and oxygen atoms in total. The average molecular weight is 285 g/mol. The molecule has 106 valence electrons. The second-order valence-electron chi connectivity index (χ2n) is 5.14. The summed E-state index contributed by atoms with van der Waals surface area (Å²) in [6.07, 6.45) is 5.50. The van der Waals surface area contributed by atoms with E-state index in [0.29, 0.717) is 12.1 Å². The topological polar surface area (TPSA) is 49.6 Å². The Bertz CT molecular complexity index is 723. The summed E-state index contributed by atoms with van der Waals surface area (Å²) in [6.45, 7) is 0. The molecule has 0 radical (unpaired) electrons. The van der Waals surface area contributed by atoms with Crippen molar-refractivity contribution in [2.75, 3.05) is 0 Å². The van der Waals surface area contributed by atoms with Crippen LogP contribution in [0.4, 0.5) is 0 Å². The van der Waals surface area contributed by atoms with Gasteiger partial charge in [0.25, 0.3) is 0 Å². The molecule has 1 aromatic heterocycles. The standard InChI is InChI=1S/C19H15N3/c20-15-19(17-9-5-2-6-10-17,18-14-21-11-12-22-18)13-16-7-3-1-4-8-16/h1-12,14H,13H2. The van der Waals surface area contributed by atoms with Crippen molar-refractivity contribution in [3.8, 4) is 6.07 Å². The number of hydrogen-bond acceptors (Lipinski definition) is 3. The molecule has 0 aliphatic heterocycles. The van der Waals surface area contributed by atoms with E-state index in [1.807, 2.05) is 60.7 Å². The summed E-state index contributed by atoms with van der Waals surface area (Å²) in [4.78, 5) is 8.56. The SMILES string of the molecule is N#CC(Cc1ccccc1)(c1ccccc1)c1cnccn1. The van der Waals surface area contributed by atoms with Crippen LogP contribution < -0.4 is 0 Å². The molecule has 1 unspecified atom stereocenters. The van der Waals surface area contributed by atoms with Crippen LogP contribution in [0.1, 0.15) is 16.8 Å². The van der Waals surface area contributed by atoms with Crippen molar-refractivity contribution in [2.45, 2.75) is 11.8 Å². The zero-order valence-corrected chi connectivity index (χ0v) is 12.1. The third kappa shape index (κ3) is 2.59. The molecule has 0 bridgehead atoms. The van der Waals surface area contributed by atoms with E-state index >= 15 is 0 Å². The van der Waals surface area contributed by atoms with Gasteiger partial charge in [-0.05, 0) is 11.1 Å². The monoisotopic (exact) mass is 285 g/mol. The molecule has 0 amide bonds. The normalized spacial score (nSPS) is 13.0. The summed E-state index contributed by atoms with van der Waals surface area (Å²) < 4.78 is 0.